The van der Waals surface area contributed by atoms with Gasteiger partial charge in [0, 0.05) is 24.7 Å². The molecule has 1 fully saturated rings. The number of aromatic amines is 1. The molecule has 0 radical (unpaired) electrons. The molecule has 1 aliphatic carbocycles. The molecule has 6 heteroatoms. The van der Waals surface area contributed by atoms with E-state index in [2.05, 4.69) is 22.2 Å². The van der Waals surface area contributed by atoms with Gasteiger partial charge in [0.1, 0.15) is 16.9 Å². The van der Waals surface area contributed by atoms with E-state index in [0.717, 1.165) is 30.2 Å². The predicted octanol–water partition coefficient (Wildman–Crippen LogP) is 3.79. The molecular weight excluding hydrogens is 320 g/mol. The molecule has 1 aliphatic heterocycles. The summed E-state index contributed by atoms with van der Waals surface area (Å²) in [5.74, 6) is 1.18. The Morgan fingerprint density at radius 2 is 2.21 bits per heavy atom. The maximum absolute atomic E-state index is 5.38. The smallest absolute Gasteiger partial charge is 0.124 e. The summed E-state index contributed by atoms with van der Waals surface area (Å²) in [5.41, 5.74) is 3.85. The quantitative estimate of drug-likeness (QED) is 0.895. The van der Waals surface area contributed by atoms with Crippen LogP contribution in [0.1, 0.15) is 72.7 Å². The van der Waals surface area contributed by atoms with E-state index in [1.807, 2.05) is 0 Å². The number of thiazole rings is 1. The van der Waals surface area contributed by atoms with E-state index < -0.39 is 0 Å². The Hall–Kier alpha value is -1.24. The number of rotatable bonds is 5. The largest absolute Gasteiger partial charge is 0.375 e. The molecule has 0 amide bonds. The fourth-order valence-corrected chi connectivity index (χ4v) is 4.69. The van der Waals surface area contributed by atoms with Crippen molar-refractivity contribution in [1.29, 1.82) is 0 Å². The van der Waals surface area contributed by atoms with Gasteiger partial charge in [-0.25, -0.2) is 9.97 Å². The van der Waals surface area contributed by atoms with Crippen LogP contribution < -0.4 is 0 Å². The average Bonchev–Trinajstić information content (AvgIpc) is 3.33. The first-order chi connectivity index (χ1) is 11.7. The molecule has 4 rings (SSSR count). The van der Waals surface area contributed by atoms with Crippen LogP contribution >= 0.6 is 11.3 Å². The maximum atomic E-state index is 5.38. The molecule has 2 aromatic heterocycles. The van der Waals surface area contributed by atoms with Crippen LogP contribution in [0.2, 0.25) is 0 Å². The van der Waals surface area contributed by atoms with E-state index in [4.69, 9.17) is 14.7 Å². The monoisotopic (exact) mass is 346 g/mol. The van der Waals surface area contributed by atoms with Crippen molar-refractivity contribution >= 4 is 11.3 Å². The lowest BCUT2D eigenvalue weighted by Gasteiger charge is -2.21. The second-order valence-corrected chi connectivity index (χ2v) is 7.83. The van der Waals surface area contributed by atoms with Crippen molar-refractivity contribution in [1.82, 2.24) is 19.9 Å². The summed E-state index contributed by atoms with van der Waals surface area (Å²) in [5, 5.41) is 3.24. The fraction of sp³-hybridized carbons (Fsp3) is 0.667. The zero-order valence-electron chi connectivity index (χ0n) is 14.5. The number of ether oxygens (including phenoxy) is 1. The molecule has 0 aromatic carbocycles. The molecule has 0 spiro atoms. The van der Waals surface area contributed by atoms with Crippen molar-refractivity contribution in [3.63, 3.8) is 0 Å². The van der Waals surface area contributed by atoms with Crippen molar-refractivity contribution in [2.75, 3.05) is 13.7 Å². The standard InChI is InChI=1S/C18H26N4OS/c1-12(23-2)18-19-13(11-24-18)10-22-9-5-8-16(22)17-20-14-6-3-4-7-15(14)21-17/h11-12,16H,3-10H2,1-2H3,(H,20,21). The predicted molar refractivity (Wildman–Crippen MR) is 95.2 cm³/mol. The van der Waals surface area contributed by atoms with E-state index in [1.165, 1.54) is 49.3 Å². The summed E-state index contributed by atoms with van der Waals surface area (Å²) in [6.45, 7) is 4.08. The van der Waals surface area contributed by atoms with Gasteiger partial charge in [-0.2, -0.15) is 0 Å². The van der Waals surface area contributed by atoms with Gasteiger partial charge in [0.15, 0.2) is 0 Å². The molecule has 1 saturated heterocycles. The van der Waals surface area contributed by atoms with Crippen LogP contribution in [-0.4, -0.2) is 33.5 Å². The lowest BCUT2D eigenvalue weighted by atomic mass is 10.0. The number of fused-ring (bicyclic) bond motifs is 1. The molecule has 24 heavy (non-hydrogen) atoms. The minimum atomic E-state index is 0.0786. The molecule has 2 aliphatic rings. The van der Waals surface area contributed by atoms with E-state index >= 15 is 0 Å². The summed E-state index contributed by atoms with van der Waals surface area (Å²) in [4.78, 5) is 15.9. The molecule has 2 atom stereocenters. The first-order valence-electron chi connectivity index (χ1n) is 9.03. The molecule has 130 valence electrons. The summed E-state index contributed by atoms with van der Waals surface area (Å²) >= 11 is 1.70. The molecular formula is C18H26N4OS. The highest BCUT2D eigenvalue weighted by molar-refractivity contribution is 7.09. The third-order valence-electron chi connectivity index (χ3n) is 5.29. The number of likely N-dealkylation sites (tertiary alicyclic amines) is 1. The van der Waals surface area contributed by atoms with Crippen LogP contribution in [0.15, 0.2) is 5.38 Å². The van der Waals surface area contributed by atoms with Gasteiger partial charge in [-0.05, 0) is 52.0 Å². The van der Waals surface area contributed by atoms with Crippen LogP contribution in [0.3, 0.4) is 0 Å². The Kier molecular flexibility index (Phi) is 4.70. The summed E-state index contributed by atoms with van der Waals surface area (Å²) < 4.78 is 5.38. The number of aryl methyl sites for hydroxylation is 2. The number of nitrogens with one attached hydrogen (secondary N) is 1. The average molecular weight is 347 g/mol. The molecule has 5 nitrogen and oxygen atoms in total. The van der Waals surface area contributed by atoms with Crippen LogP contribution in [0.4, 0.5) is 0 Å². The van der Waals surface area contributed by atoms with Gasteiger partial charge in [-0.3, -0.25) is 4.90 Å². The Morgan fingerprint density at radius 3 is 3.04 bits per heavy atom. The van der Waals surface area contributed by atoms with Crippen LogP contribution in [-0.2, 0) is 24.1 Å². The first-order valence-corrected chi connectivity index (χ1v) is 9.91. The van der Waals surface area contributed by atoms with Gasteiger partial charge in [0.25, 0.3) is 0 Å². The zero-order chi connectivity index (χ0) is 16.5. The summed E-state index contributed by atoms with van der Waals surface area (Å²) in [6.07, 6.45) is 7.39. The van der Waals surface area contributed by atoms with E-state index in [0.29, 0.717) is 6.04 Å². The van der Waals surface area contributed by atoms with Crippen molar-refractivity contribution < 1.29 is 4.74 Å². The van der Waals surface area contributed by atoms with E-state index in [-0.39, 0.29) is 6.10 Å². The van der Waals surface area contributed by atoms with Crippen molar-refractivity contribution in [2.24, 2.45) is 0 Å². The Morgan fingerprint density at radius 1 is 1.33 bits per heavy atom. The number of aromatic nitrogens is 3. The Labute approximate surface area is 147 Å². The first kappa shape index (κ1) is 16.2. The minimum absolute atomic E-state index is 0.0786. The zero-order valence-corrected chi connectivity index (χ0v) is 15.4. The van der Waals surface area contributed by atoms with Gasteiger partial charge >= 0.3 is 0 Å². The minimum Gasteiger partial charge on any atom is -0.375 e. The number of H-pyrrole nitrogens is 1. The summed E-state index contributed by atoms with van der Waals surface area (Å²) in [7, 11) is 1.74. The third-order valence-corrected chi connectivity index (χ3v) is 6.34. The van der Waals surface area contributed by atoms with Crippen molar-refractivity contribution in [2.45, 2.75) is 64.1 Å². The van der Waals surface area contributed by atoms with Crippen LogP contribution in [0.5, 0.6) is 0 Å². The molecule has 2 unspecified atom stereocenters. The maximum Gasteiger partial charge on any atom is 0.124 e. The van der Waals surface area contributed by atoms with Gasteiger partial charge < -0.3 is 9.72 Å². The number of nitrogens with zero attached hydrogens (tertiary/aromatic N) is 3. The SMILES string of the molecule is COC(C)c1nc(CN2CCCC2c2nc3c([nH]2)CCCC3)cs1. The lowest BCUT2D eigenvalue weighted by Crippen LogP contribution is -2.23. The number of imidazole rings is 1. The van der Waals surface area contributed by atoms with E-state index in [9.17, 15) is 0 Å². The van der Waals surface area contributed by atoms with Crippen LogP contribution in [0, 0.1) is 0 Å². The molecule has 3 heterocycles. The fourth-order valence-electron chi connectivity index (χ4n) is 3.85. The lowest BCUT2D eigenvalue weighted by molar-refractivity contribution is 0.119. The summed E-state index contributed by atoms with van der Waals surface area (Å²) in [6, 6.07) is 0.417. The normalized spacial score (nSPS) is 22.7. The number of methoxy groups -OCH3 is 1. The second-order valence-electron chi connectivity index (χ2n) is 6.94. The van der Waals surface area contributed by atoms with Gasteiger partial charge in [-0.1, -0.05) is 0 Å². The number of hydrogen-bond donors (Lipinski definition) is 1. The Balaban J connectivity index is 1.48. The Bertz CT molecular complexity index is 672. The van der Waals surface area contributed by atoms with Gasteiger partial charge in [0.2, 0.25) is 0 Å². The topological polar surface area (TPSA) is 54.0 Å². The van der Waals surface area contributed by atoms with Gasteiger partial charge in [-0.15, -0.1) is 11.3 Å². The molecule has 2 aromatic rings. The molecule has 0 bridgehead atoms. The molecule has 0 saturated carbocycles. The molecule has 1 N–H and O–H groups in total. The number of hydrogen-bond acceptors (Lipinski definition) is 5. The second kappa shape index (κ2) is 6.94. The van der Waals surface area contributed by atoms with E-state index in [1.54, 1.807) is 18.4 Å². The third kappa shape index (κ3) is 3.15. The van der Waals surface area contributed by atoms with Crippen molar-refractivity contribution in [3.8, 4) is 0 Å². The highest BCUT2D eigenvalue weighted by atomic mass is 32.1. The van der Waals surface area contributed by atoms with Crippen LogP contribution in [0.25, 0.3) is 0 Å². The van der Waals surface area contributed by atoms with Crippen molar-refractivity contribution in [3.05, 3.63) is 33.3 Å². The highest BCUT2D eigenvalue weighted by Crippen LogP contribution is 2.33. The van der Waals surface area contributed by atoms with Gasteiger partial charge in [0.05, 0.1) is 17.4 Å². The highest BCUT2D eigenvalue weighted by Gasteiger charge is 2.30.